The van der Waals surface area contributed by atoms with Crippen LogP contribution in [0.4, 0.5) is 16.3 Å². The summed E-state index contributed by atoms with van der Waals surface area (Å²) in [4.78, 5) is 27.7. The van der Waals surface area contributed by atoms with E-state index in [1.807, 2.05) is 70.2 Å². The number of para-hydroxylation sites is 1. The summed E-state index contributed by atoms with van der Waals surface area (Å²) < 4.78 is 1.64. The lowest BCUT2D eigenvalue weighted by Crippen LogP contribution is -2.44. The Morgan fingerprint density at radius 2 is 1.74 bits per heavy atom. The number of benzene rings is 2. The Bertz CT molecular complexity index is 1230. The van der Waals surface area contributed by atoms with E-state index in [0.29, 0.717) is 16.5 Å². The summed E-state index contributed by atoms with van der Waals surface area (Å²) in [5.74, 6) is 0.162. The third-order valence-corrected chi connectivity index (χ3v) is 6.19. The molecule has 3 rings (SSSR count). The maximum atomic E-state index is 13.1. The van der Waals surface area contributed by atoms with Gasteiger partial charge in [0.05, 0.1) is 16.4 Å². The molecule has 1 heterocycles. The first-order valence-electron chi connectivity index (χ1n) is 11.7. The number of nitrogens with zero attached hydrogens (tertiary/aromatic N) is 3. The molecular formula is C27H34ClN5O2. The maximum absolute atomic E-state index is 13.1. The Balaban J connectivity index is 1.84. The Labute approximate surface area is 212 Å². The van der Waals surface area contributed by atoms with Gasteiger partial charge in [0.25, 0.3) is 0 Å². The van der Waals surface area contributed by atoms with Crippen LogP contribution < -0.4 is 10.6 Å². The third kappa shape index (κ3) is 6.22. The highest BCUT2D eigenvalue weighted by atomic mass is 35.5. The molecule has 2 N–H and O–H groups in total. The van der Waals surface area contributed by atoms with E-state index in [1.54, 1.807) is 10.7 Å². The van der Waals surface area contributed by atoms with Crippen molar-refractivity contribution in [3.05, 3.63) is 70.4 Å². The van der Waals surface area contributed by atoms with Crippen LogP contribution in [-0.4, -0.2) is 39.2 Å². The molecule has 0 atom stereocenters. The van der Waals surface area contributed by atoms with Crippen molar-refractivity contribution in [1.29, 1.82) is 0 Å². The van der Waals surface area contributed by atoms with E-state index in [0.717, 1.165) is 22.5 Å². The van der Waals surface area contributed by atoms with E-state index in [2.05, 4.69) is 31.4 Å². The number of hydrogen-bond acceptors (Lipinski definition) is 3. The van der Waals surface area contributed by atoms with Gasteiger partial charge in [-0.05, 0) is 57.0 Å². The molecule has 2 aromatic carbocycles. The van der Waals surface area contributed by atoms with E-state index in [1.165, 1.54) is 4.90 Å². The summed E-state index contributed by atoms with van der Waals surface area (Å²) in [5, 5.41) is 11.1. The standard InChI is InChI=1S/C27H34ClN5O2/c1-17(2)32(26(35)29-21-13-10-11-18(3)19(21)4)16-25(34)30-24-15-23(27(5,6)7)31-33(24)22-14-9-8-12-20(22)28/h8-15,17H,16H2,1-7H3,(H,29,35)(H,30,34). The lowest BCUT2D eigenvalue weighted by molar-refractivity contribution is -0.117. The van der Waals surface area contributed by atoms with Gasteiger partial charge in [-0.2, -0.15) is 5.10 Å². The van der Waals surface area contributed by atoms with Crippen LogP contribution in [0.15, 0.2) is 48.5 Å². The van der Waals surface area contributed by atoms with Crippen LogP contribution >= 0.6 is 11.6 Å². The zero-order valence-corrected chi connectivity index (χ0v) is 22.2. The highest BCUT2D eigenvalue weighted by molar-refractivity contribution is 6.32. The van der Waals surface area contributed by atoms with Gasteiger partial charge in [0.1, 0.15) is 12.4 Å². The predicted octanol–water partition coefficient (Wildman–Crippen LogP) is 6.32. The summed E-state index contributed by atoms with van der Waals surface area (Å²) >= 11 is 6.42. The normalized spacial score (nSPS) is 11.5. The number of aryl methyl sites for hydroxylation is 1. The van der Waals surface area contributed by atoms with Crippen LogP contribution in [-0.2, 0) is 10.2 Å². The van der Waals surface area contributed by atoms with Gasteiger partial charge in [-0.15, -0.1) is 0 Å². The topological polar surface area (TPSA) is 79.3 Å². The number of amides is 3. The zero-order chi connectivity index (χ0) is 25.9. The van der Waals surface area contributed by atoms with Gasteiger partial charge >= 0.3 is 6.03 Å². The van der Waals surface area contributed by atoms with Crippen LogP contribution in [0.2, 0.25) is 5.02 Å². The van der Waals surface area contributed by atoms with Crippen LogP contribution in [0.1, 0.15) is 51.4 Å². The summed E-state index contributed by atoms with van der Waals surface area (Å²) in [6.07, 6.45) is 0. The van der Waals surface area contributed by atoms with Crippen LogP contribution in [0, 0.1) is 13.8 Å². The van der Waals surface area contributed by atoms with Crippen LogP contribution in [0.5, 0.6) is 0 Å². The Morgan fingerprint density at radius 1 is 1.06 bits per heavy atom. The lowest BCUT2D eigenvalue weighted by atomic mass is 9.92. The van der Waals surface area contributed by atoms with E-state index < -0.39 is 0 Å². The average molecular weight is 496 g/mol. The molecule has 0 radical (unpaired) electrons. The van der Waals surface area contributed by atoms with Crippen molar-refractivity contribution in [3.8, 4) is 5.69 Å². The first-order chi connectivity index (χ1) is 16.4. The maximum Gasteiger partial charge on any atom is 0.322 e. The van der Waals surface area contributed by atoms with Gasteiger partial charge in [-0.25, -0.2) is 9.48 Å². The average Bonchev–Trinajstić information content (AvgIpc) is 3.19. The molecule has 8 heteroatoms. The number of aromatic nitrogens is 2. The molecule has 35 heavy (non-hydrogen) atoms. The largest absolute Gasteiger partial charge is 0.322 e. The number of anilines is 2. The fourth-order valence-corrected chi connectivity index (χ4v) is 3.76. The molecular weight excluding hydrogens is 462 g/mol. The molecule has 186 valence electrons. The van der Waals surface area contributed by atoms with Gasteiger partial charge in [0, 0.05) is 23.2 Å². The molecule has 0 aliphatic rings. The molecule has 0 bridgehead atoms. The summed E-state index contributed by atoms with van der Waals surface area (Å²) in [5.41, 5.74) is 4.04. The molecule has 0 aliphatic heterocycles. The van der Waals surface area contributed by atoms with Crippen LogP contribution in [0.3, 0.4) is 0 Å². The molecule has 0 aliphatic carbocycles. The van der Waals surface area contributed by atoms with Crippen molar-refractivity contribution in [2.24, 2.45) is 0 Å². The predicted molar refractivity (Wildman–Crippen MR) is 143 cm³/mol. The second kappa shape index (κ2) is 10.5. The van der Waals surface area contributed by atoms with Gasteiger partial charge in [0.2, 0.25) is 5.91 Å². The van der Waals surface area contributed by atoms with Crippen molar-refractivity contribution in [1.82, 2.24) is 14.7 Å². The van der Waals surface area contributed by atoms with Crippen molar-refractivity contribution in [2.75, 3.05) is 17.2 Å². The SMILES string of the molecule is Cc1cccc(NC(=O)N(CC(=O)Nc2cc(C(C)(C)C)nn2-c2ccccc2Cl)C(C)C)c1C. The fraction of sp³-hybridized carbons (Fsp3) is 0.370. The summed E-state index contributed by atoms with van der Waals surface area (Å²) in [6.45, 7) is 13.7. The first kappa shape index (κ1) is 26.3. The van der Waals surface area contributed by atoms with Gasteiger partial charge in [-0.3, -0.25) is 4.79 Å². The second-order valence-corrected chi connectivity index (χ2v) is 10.4. The quantitative estimate of drug-likeness (QED) is 0.420. The van der Waals surface area contributed by atoms with Gasteiger partial charge in [0.15, 0.2) is 0 Å². The van der Waals surface area contributed by atoms with E-state index >= 15 is 0 Å². The summed E-state index contributed by atoms with van der Waals surface area (Å²) in [7, 11) is 0. The van der Waals surface area contributed by atoms with Crippen molar-refractivity contribution >= 4 is 35.0 Å². The van der Waals surface area contributed by atoms with Crippen LogP contribution in [0.25, 0.3) is 5.69 Å². The van der Waals surface area contributed by atoms with Gasteiger partial charge < -0.3 is 15.5 Å². The molecule has 0 saturated carbocycles. The minimum atomic E-state index is -0.334. The van der Waals surface area contributed by atoms with E-state index in [9.17, 15) is 9.59 Å². The first-order valence-corrected chi connectivity index (χ1v) is 12.1. The third-order valence-electron chi connectivity index (χ3n) is 5.87. The molecule has 0 fully saturated rings. The highest BCUT2D eigenvalue weighted by Gasteiger charge is 2.25. The zero-order valence-electron chi connectivity index (χ0n) is 21.4. The number of halogens is 1. The van der Waals surface area contributed by atoms with Crippen molar-refractivity contribution in [3.63, 3.8) is 0 Å². The van der Waals surface area contributed by atoms with Crippen molar-refractivity contribution in [2.45, 2.75) is 59.9 Å². The van der Waals surface area contributed by atoms with E-state index in [4.69, 9.17) is 16.7 Å². The lowest BCUT2D eigenvalue weighted by Gasteiger charge is -2.27. The monoisotopic (exact) mass is 495 g/mol. The molecule has 3 aromatic rings. The van der Waals surface area contributed by atoms with Gasteiger partial charge in [-0.1, -0.05) is 56.6 Å². The fourth-order valence-electron chi connectivity index (χ4n) is 3.54. The number of hydrogen-bond donors (Lipinski definition) is 2. The number of urea groups is 1. The minimum Gasteiger partial charge on any atom is -0.313 e. The Hall–Kier alpha value is -3.32. The Kier molecular flexibility index (Phi) is 7.90. The van der Waals surface area contributed by atoms with E-state index in [-0.39, 0.29) is 29.9 Å². The van der Waals surface area contributed by atoms with Crippen molar-refractivity contribution < 1.29 is 9.59 Å². The molecule has 7 nitrogen and oxygen atoms in total. The molecule has 1 aromatic heterocycles. The number of nitrogens with one attached hydrogen (secondary N) is 2. The highest BCUT2D eigenvalue weighted by Crippen LogP contribution is 2.29. The second-order valence-electron chi connectivity index (χ2n) is 9.98. The minimum absolute atomic E-state index is 0.118. The molecule has 3 amide bonds. The smallest absolute Gasteiger partial charge is 0.313 e. The number of carbonyl (C=O) groups is 2. The summed E-state index contributed by atoms with van der Waals surface area (Å²) in [6, 6.07) is 14.4. The number of rotatable bonds is 6. The molecule has 0 saturated heterocycles. The molecule has 0 spiro atoms. The molecule has 0 unspecified atom stereocenters. The number of carbonyl (C=O) groups excluding carboxylic acids is 2. The Morgan fingerprint density at radius 3 is 2.37 bits per heavy atom.